The van der Waals surface area contributed by atoms with Crippen molar-refractivity contribution in [3.63, 3.8) is 0 Å². The molecule has 0 saturated carbocycles. The largest absolute Gasteiger partial charge is 0.377 e. The molecule has 1 aromatic rings. The Labute approximate surface area is 102 Å². The zero-order chi connectivity index (χ0) is 10.9. The molecule has 0 aliphatic heterocycles. The van der Waals surface area contributed by atoms with E-state index < -0.39 is 0 Å². The first-order valence-electron chi connectivity index (χ1n) is 5.26. The van der Waals surface area contributed by atoms with E-state index >= 15 is 0 Å². The van der Waals surface area contributed by atoms with Crippen molar-refractivity contribution in [2.24, 2.45) is 0 Å². The number of benzene rings is 1. The van der Waals surface area contributed by atoms with Crippen LogP contribution in [-0.4, -0.2) is 12.4 Å². The minimum absolute atomic E-state index is 0.612. The number of hydrogen-bond donors (Lipinski definition) is 1. The third-order valence-electron chi connectivity index (χ3n) is 2.16. The van der Waals surface area contributed by atoms with E-state index in [0.29, 0.717) is 6.61 Å². The molecule has 0 unspecified atom stereocenters. The average molecular weight is 245 g/mol. The molecule has 0 heterocycles. The second-order valence-corrected chi connectivity index (χ2v) is 4.28. The number of hydrogen-bond acceptors (Lipinski definition) is 2. The third kappa shape index (κ3) is 5.45. The number of halogens is 1. The monoisotopic (exact) mass is 244 g/mol. The maximum Gasteiger partial charge on any atom is 0.0731 e. The highest BCUT2D eigenvalue weighted by Crippen LogP contribution is 2.15. The quantitative estimate of drug-likeness (QED) is 0.564. The van der Waals surface area contributed by atoms with Crippen molar-refractivity contribution in [2.75, 3.05) is 12.4 Å². The molecule has 1 aromatic carbocycles. The van der Waals surface area contributed by atoms with Gasteiger partial charge < -0.3 is 4.74 Å². The molecular weight excluding hydrogens is 228 g/mol. The molecule has 15 heavy (non-hydrogen) atoms. The predicted octanol–water partition coefficient (Wildman–Crippen LogP) is 3.96. The van der Waals surface area contributed by atoms with Gasteiger partial charge in [-0.3, -0.25) is 0 Å². The fourth-order valence-electron chi connectivity index (χ4n) is 1.29. The van der Waals surface area contributed by atoms with Crippen LogP contribution >= 0.6 is 24.2 Å². The van der Waals surface area contributed by atoms with Crippen molar-refractivity contribution in [2.45, 2.75) is 25.9 Å². The predicted molar refractivity (Wildman–Crippen MR) is 68.8 cm³/mol. The Bertz CT molecular complexity index is 278. The molecule has 0 saturated heterocycles. The fourth-order valence-corrected chi connectivity index (χ4v) is 1.70. The van der Waals surface area contributed by atoms with Crippen LogP contribution in [0, 0.1) is 0 Å². The van der Waals surface area contributed by atoms with Crippen molar-refractivity contribution in [3.8, 4) is 0 Å². The maximum atomic E-state index is 6.00. The van der Waals surface area contributed by atoms with Crippen molar-refractivity contribution < 1.29 is 4.74 Å². The Morgan fingerprint density at radius 2 is 1.93 bits per heavy atom. The molecule has 3 heteroatoms. The van der Waals surface area contributed by atoms with Gasteiger partial charge in [0, 0.05) is 11.6 Å². The average Bonchev–Trinajstić information content (AvgIpc) is 2.25. The second kappa shape index (κ2) is 8.03. The van der Waals surface area contributed by atoms with Crippen LogP contribution in [0.1, 0.15) is 24.8 Å². The lowest BCUT2D eigenvalue weighted by Crippen LogP contribution is -1.96. The summed E-state index contributed by atoms with van der Waals surface area (Å²) in [6, 6.07) is 7.79. The van der Waals surface area contributed by atoms with Crippen molar-refractivity contribution >= 4 is 24.2 Å². The molecule has 0 radical (unpaired) electrons. The molecule has 0 aromatic heterocycles. The SMILES string of the molecule is SCCCCCOCc1ccccc1Cl. The summed E-state index contributed by atoms with van der Waals surface area (Å²) in [5.41, 5.74) is 1.06. The minimum Gasteiger partial charge on any atom is -0.377 e. The molecule has 1 nitrogen and oxygen atoms in total. The molecule has 0 fully saturated rings. The molecule has 0 atom stereocenters. The highest BCUT2D eigenvalue weighted by Gasteiger charge is 1.98. The van der Waals surface area contributed by atoms with Crippen LogP contribution in [0.5, 0.6) is 0 Å². The van der Waals surface area contributed by atoms with Gasteiger partial charge >= 0.3 is 0 Å². The van der Waals surface area contributed by atoms with Gasteiger partial charge in [0.1, 0.15) is 0 Å². The van der Waals surface area contributed by atoms with Gasteiger partial charge in [0.15, 0.2) is 0 Å². The number of unbranched alkanes of at least 4 members (excludes halogenated alkanes) is 2. The molecule has 0 amide bonds. The molecule has 0 spiro atoms. The van der Waals surface area contributed by atoms with Crippen LogP contribution < -0.4 is 0 Å². The van der Waals surface area contributed by atoms with Crippen LogP contribution in [-0.2, 0) is 11.3 Å². The summed E-state index contributed by atoms with van der Waals surface area (Å²) in [6.45, 7) is 1.42. The van der Waals surface area contributed by atoms with Gasteiger partial charge in [-0.1, -0.05) is 36.2 Å². The normalized spacial score (nSPS) is 10.5. The van der Waals surface area contributed by atoms with Crippen LogP contribution in [0.4, 0.5) is 0 Å². The van der Waals surface area contributed by atoms with E-state index in [-0.39, 0.29) is 0 Å². The lowest BCUT2D eigenvalue weighted by atomic mass is 10.2. The summed E-state index contributed by atoms with van der Waals surface area (Å²) in [6.07, 6.45) is 3.45. The number of thiol groups is 1. The molecule has 84 valence electrons. The van der Waals surface area contributed by atoms with Crippen molar-refractivity contribution in [3.05, 3.63) is 34.9 Å². The Hall–Kier alpha value is -0.180. The minimum atomic E-state index is 0.612. The van der Waals surface area contributed by atoms with Gasteiger partial charge in [-0.2, -0.15) is 12.6 Å². The van der Waals surface area contributed by atoms with Crippen molar-refractivity contribution in [1.29, 1.82) is 0 Å². The summed E-state index contributed by atoms with van der Waals surface area (Å²) >= 11 is 10.2. The summed E-state index contributed by atoms with van der Waals surface area (Å²) in [5, 5.41) is 0.785. The second-order valence-electron chi connectivity index (χ2n) is 3.43. The summed E-state index contributed by atoms with van der Waals surface area (Å²) in [5.74, 6) is 0.963. The van der Waals surface area contributed by atoms with E-state index in [1.807, 2.05) is 24.3 Å². The Morgan fingerprint density at radius 1 is 1.13 bits per heavy atom. The molecule has 0 bridgehead atoms. The number of rotatable bonds is 7. The molecule has 0 aliphatic carbocycles. The third-order valence-corrected chi connectivity index (χ3v) is 2.85. The summed E-state index contributed by atoms with van der Waals surface area (Å²) in [4.78, 5) is 0. The zero-order valence-corrected chi connectivity index (χ0v) is 10.4. The fraction of sp³-hybridized carbons (Fsp3) is 0.500. The topological polar surface area (TPSA) is 9.23 Å². The lowest BCUT2D eigenvalue weighted by molar-refractivity contribution is 0.117. The lowest BCUT2D eigenvalue weighted by Gasteiger charge is -2.05. The Balaban J connectivity index is 2.12. The van der Waals surface area contributed by atoms with Gasteiger partial charge in [-0.15, -0.1) is 0 Å². The van der Waals surface area contributed by atoms with Crippen molar-refractivity contribution in [1.82, 2.24) is 0 Å². The van der Waals surface area contributed by atoms with E-state index in [4.69, 9.17) is 16.3 Å². The van der Waals surface area contributed by atoms with Crippen LogP contribution in [0.2, 0.25) is 5.02 Å². The standard InChI is InChI=1S/C12H17ClOS/c13-12-7-3-2-6-11(12)10-14-8-4-1-5-9-15/h2-3,6-7,15H,1,4-5,8-10H2. The van der Waals surface area contributed by atoms with Crippen LogP contribution in [0.15, 0.2) is 24.3 Å². The van der Waals surface area contributed by atoms with E-state index in [9.17, 15) is 0 Å². The first-order valence-corrected chi connectivity index (χ1v) is 6.27. The first kappa shape index (κ1) is 12.9. The van der Waals surface area contributed by atoms with Gasteiger partial charge in [0.2, 0.25) is 0 Å². The van der Waals surface area contributed by atoms with Gasteiger partial charge in [0.25, 0.3) is 0 Å². The van der Waals surface area contributed by atoms with E-state index in [2.05, 4.69) is 12.6 Å². The van der Waals surface area contributed by atoms with Crippen LogP contribution in [0.3, 0.4) is 0 Å². The first-order chi connectivity index (χ1) is 7.34. The summed E-state index contributed by atoms with van der Waals surface area (Å²) in [7, 11) is 0. The molecule has 1 rings (SSSR count). The number of ether oxygens (including phenoxy) is 1. The van der Waals surface area contributed by atoms with Crippen LogP contribution in [0.25, 0.3) is 0 Å². The Kier molecular flexibility index (Phi) is 6.90. The van der Waals surface area contributed by atoms with E-state index in [0.717, 1.165) is 29.4 Å². The van der Waals surface area contributed by atoms with Gasteiger partial charge in [0.05, 0.1) is 6.61 Å². The van der Waals surface area contributed by atoms with E-state index in [1.54, 1.807) is 0 Å². The zero-order valence-electron chi connectivity index (χ0n) is 8.79. The Morgan fingerprint density at radius 3 is 2.67 bits per heavy atom. The molecular formula is C12H17ClOS. The summed E-state index contributed by atoms with van der Waals surface area (Å²) < 4.78 is 5.54. The molecule has 0 N–H and O–H groups in total. The molecule has 0 aliphatic rings. The maximum absolute atomic E-state index is 6.00. The highest BCUT2D eigenvalue weighted by atomic mass is 35.5. The van der Waals surface area contributed by atoms with E-state index in [1.165, 1.54) is 12.8 Å². The smallest absolute Gasteiger partial charge is 0.0731 e. The van der Waals surface area contributed by atoms with Gasteiger partial charge in [-0.05, 0) is 30.2 Å². The highest BCUT2D eigenvalue weighted by molar-refractivity contribution is 7.80. The van der Waals surface area contributed by atoms with Gasteiger partial charge in [-0.25, -0.2) is 0 Å².